The van der Waals surface area contributed by atoms with E-state index in [-0.39, 0.29) is 29.4 Å². The van der Waals surface area contributed by atoms with Gasteiger partial charge in [0, 0.05) is 50.3 Å². The van der Waals surface area contributed by atoms with E-state index in [9.17, 15) is 13.2 Å². The fourth-order valence-corrected chi connectivity index (χ4v) is 4.99. The van der Waals surface area contributed by atoms with Crippen molar-refractivity contribution in [1.82, 2.24) is 19.9 Å². The number of aryl methyl sites for hydroxylation is 1. The molecule has 0 spiro atoms. The first-order valence-electron chi connectivity index (χ1n) is 11.6. The highest BCUT2D eigenvalue weighted by Crippen LogP contribution is 2.34. The Morgan fingerprint density at radius 3 is 2.72 bits per heavy atom. The number of nitrogens with one attached hydrogen (secondary N) is 1. The summed E-state index contributed by atoms with van der Waals surface area (Å²) in [5, 5.41) is 2.73. The quantitative estimate of drug-likeness (QED) is 0.470. The Bertz CT molecular complexity index is 1330. The van der Waals surface area contributed by atoms with Crippen LogP contribution in [0.4, 0.5) is 0 Å². The predicted octanol–water partition coefficient (Wildman–Crippen LogP) is 1.87. The summed E-state index contributed by atoms with van der Waals surface area (Å²) in [6.45, 7) is 1.56. The second-order valence-electron chi connectivity index (χ2n) is 8.65. The van der Waals surface area contributed by atoms with Crippen LogP contribution >= 0.6 is 0 Å². The van der Waals surface area contributed by atoms with E-state index >= 15 is 0 Å². The molecule has 36 heavy (non-hydrogen) atoms. The number of imidazole rings is 1. The van der Waals surface area contributed by atoms with Gasteiger partial charge in [-0.15, -0.1) is 0 Å². The lowest BCUT2D eigenvalue weighted by atomic mass is 10.0. The summed E-state index contributed by atoms with van der Waals surface area (Å²) in [4.78, 5) is 20.9. The van der Waals surface area contributed by atoms with E-state index in [2.05, 4.69) is 15.3 Å². The van der Waals surface area contributed by atoms with Gasteiger partial charge >= 0.3 is 10.1 Å². The number of ether oxygens (including phenoxy) is 3. The van der Waals surface area contributed by atoms with Gasteiger partial charge in [-0.2, -0.15) is 8.42 Å². The summed E-state index contributed by atoms with van der Waals surface area (Å²) >= 11 is 0. The Hall–Kier alpha value is -3.64. The Kier molecular flexibility index (Phi) is 6.79. The van der Waals surface area contributed by atoms with Gasteiger partial charge in [-0.1, -0.05) is 6.07 Å². The Balaban J connectivity index is 1.24. The number of pyridine rings is 1. The Labute approximate surface area is 208 Å². The number of aromatic nitrogens is 3. The highest BCUT2D eigenvalue weighted by molar-refractivity contribution is 7.87. The van der Waals surface area contributed by atoms with Crippen molar-refractivity contribution in [3.8, 4) is 17.4 Å². The predicted molar refractivity (Wildman–Crippen MR) is 127 cm³/mol. The number of fused-ring (bicyclic) bond motifs is 1. The van der Waals surface area contributed by atoms with Crippen molar-refractivity contribution < 1.29 is 31.6 Å². The largest absolute Gasteiger partial charge is 0.491 e. The van der Waals surface area contributed by atoms with E-state index in [1.165, 1.54) is 23.3 Å². The zero-order valence-electron chi connectivity index (χ0n) is 19.6. The lowest BCUT2D eigenvalue weighted by Crippen LogP contribution is -2.42. The van der Waals surface area contributed by atoms with Crippen molar-refractivity contribution in [1.29, 1.82) is 0 Å². The average molecular weight is 515 g/mol. The van der Waals surface area contributed by atoms with Crippen molar-refractivity contribution >= 4 is 16.0 Å². The van der Waals surface area contributed by atoms with Gasteiger partial charge in [0.25, 0.3) is 5.91 Å². The van der Waals surface area contributed by atoms with Crippen molar-refractivity contribution in [2.75, 3.05) is 19.8 Å². The minimum absolute atomic E-state index is 0.0586. The molecule has 190 valence electrons. The lowest BCUT2D eigenvalue weighted by molar-refractivity contribution is 0.0237. The monoisotopic (exact) mass is 514 g/mol. The number of carbonyl (C=O) groups excluding carboxylic acids is 1. The molecule has 2 aliphatic heterocycles. The Morgan fingerprint density at radius 2 is 2.00 bits per heavy atom. The van der Waals surface area contributed by atoms with Crippen LogP contribution in [0.2, 0.25) is 0 Å². The van der Waals surface area contributed by atoms with Crippen LogP contribution in [0.1, 0.15) is 28.8 Å². The molecule has 0 bridgehead atoms. The standard InChI is InChI=1S/C24H26N4O7S/c1-28-13-23(26-15-28)36(30,31)35-21-4-2-3-20-19(21)11-17(14-33-20)27-24(29)16-5-6-22(25-12-16)34-18-7-9-32-10-8-18/h2-6,12-13,15,17-18H,7-11,14H2,1H3,(H,27,29)/t17-/m0/s1. The molecule has 0 saturated carbocycles. The molecular weight excluding hydrogens is 488 g/mol. The molecule has 1 fully saturated rings. The molecule has 12 heteroatoms. The molecule has 2 aliphatic rings. The fourth-order valence-electron chi connectivity index (χ4n) is 4.04. The smallest absolute Gasteiger partial charge is 0.358 e. The first kappa shape index (κ1) is 24.1. The van der Waals surface area contributed by atoms with Crippen LogP contribution < -0.4 is 19.0 Å². The van der Waals surface area contributed by atoms with Gasteiger partial charge in [-0.25, -0.2) is 9.97 Å². The highest BCUT2D eigenvalue weighted by Gasteiger charge is 2.28. The summed E-state index contributed by atoms with van der Waals surface area (Å²) in [5.41, 5.74) is 0.925. The van der Waals surface area contributed by atoms with E-state index < -0.39 is 16.2 Å². The molecule has 0 aliphatic carbocycles. The molecular formula is C24H26N4O7S. The second-order valence-corrected chi connectivity index (χ2v) is 10.1. The summed E-state index contributed by atoms with van der Waals surface area (Å²) in [6, 6.07) is 7.86. The fraction of sp³-hybridized carbons (Fsp3) is 0.375. The van der Waals surface area contributed by atoms with Crippen LogP contribution in [-0.2, 0) is 28.3 Å². The molecule has 2 aromatic heterocycles. The summed E-state index contributed by atoms with van der Waals surface area (Å²) < 4.78 is 49.2. The SMILES string of the molecule is Cn1cnc(S(=O)(=O)Oc2cccc3c2C[C@H](NC(=O)c2ccc(OC4CCOCC4)nc2)CO3)c1. The molecule has 3 aromatic rings. The minimum Gasteiger partial charge on any atom is -0.491 e. The third-order valence-corrected chi connectivity index (χ3v) is 7.03. The maximum atomic E-state index is 12.8. The van der Waals surface area contributed by atoms with Crippen molar-refractivity contribution in [3.63, 3.8) is 0 Å². The average Bonchev–Trinajstić information content (AvgIpc) is 3.33. The van der Waals surface area contributed by atoms with E-state index in [1.54, 1.807) is 37.4 Å². The third-order valence-electron chi connectivity index (χ3n) is 5.91. The van der Waals surface area contributed by atoms with Gasteiger partial charge in [0.1, 0.15) is 24.2 Å². The maximum absolute atomic E-state index is 12.8. The van der Waals surface area contributed by atoms with E-state index in [0.29, 0.717) is 42.4 Å². The number of rotatable bonds is 7. The second kappa shape index (κ2) is 10.2. The van der Waals surface area contributed by atoms with Crippen LogP contribution in [-0.4, -0.2) is 60.8 Å². The van der Waals surface area contributed by atoms with E-state index in [4.69, 9.17) is 18.4 Å². The van der Waals surface area contributed by atoms with Gasteiger partial charge in [-0.05, 0) is 18.2 Å². The first-order chi connectivity index (χ1) is 17.4. The molecule has 1 N–H and O–H groups in total. The number of nitrogens with zero attached hydrogens (tertiary/aromatic N) is 3. The highest BCUT2D eigenvalue weighted by atomic mass is 32.2. The lowest BCUT2D eigenvalue weighted by Gasteiger charge is -2.27. The molecule has 1 atom stereocenters. The number of hydrogen-bond acceptors (Lipinski definition) is 9. The van der Waals surface area contributed by atoms with Gasteiger partial charge in [0.2, 0.25) is 10.9 Å². The van der Waals surface area contributed by atoms with Crippen molar-refractivity contribution in [3.05, 3.63) is 60.2 Å². The number of hydrogen-bond donors (Lipinski definition) is 1. The zero-order valence-corrected chi connectivity index (χ0v) is 20.4. The van der Waals surface area contributed by atoms with Crippen molar-refractivity contribution in [2.45, 2.75) is 36.4 Å². The minimum atomic E-state index is -4.13. The van der Waals surface area contributed by atoms with Gasteiger partial charge in [-0.3, -0.25) is 4.79 Å². The number of carbonyl (C=O) groups is 1. The third kappa shape index (κ3) is 5.44. The summed E-state index contributed by atoms with van der Waals surface area (Å²) in [6.07, 6.45) is 6.21. The number of amides is 1. The molecule has 1 aromatic carbocycles. The van der Waals surface area contributed by atoms with Crippen LogP contribution in [0.3, 0.4) is 0 Å². The molecule has 4 heterocycles. The zero-order chi connectivity index (χ0) is 25.1. The molecule has 0 unspecified atom stereocenters. The van der Waals surface area contributed by atoms with E-state index in [0.717, 1.165) is 12.8 Å². The molecule has 11 nitrogen and oxygen atoms in total. The van der Waals surface area contributed by atoms with Crippen molar-refractivity contribution in [2.24, 2.45) is 7.05 Å². The van der Waals surface area contributed by atoms with E-state index in [1.807, 2.05) is 0 Å². The molecule has 0 radical (unpaired) electrons. The van der Waals surface area contributed by atoms with Gasteiger partial charge in [0.05, 0.1) is 31.1 Å². The molecule has 1 amide bonds. The first-order valence-corrected chi connectivity index (χ1v) is 13.0. The maximum Gasteiger partial charge on any atom is 0.358 e. The topological polar surface area (TPSA) is 131 Å². The molecule has 5 rings (SSSR count). The summed E-state index contributed by atoms with van der Waals surface area (Å²) in [7, 11) is -2.46. The van der Waals surface area contributed by atoms with Crippen LogP contribution in [0.25, 0.3) is 0 Å². The molecule has 1 saturated heterocycles. The van der Waals surface area contributed by atoms with Gasteiger partial charge in [0.15, 0.2) is 0 Å². The van der Waals surface area contributed by atoms with Gasteiger partial charge < -0.3 is 28.3 Å². The summed E-state index contributed by atoms with van der Waals surface area (Å²) in [5.74, 6) is 0.778. The van der Waals surface area contributed by atoms with Crippen LogP contribution in [0.15, 0.2) is 54.1 Å². The normalized spacial score (nSPS) is 18.1. The number of benzene rings is 1. The van der Waals surface area contributed by atoms with Crippen LogP contribution in [0, 0.1) is 0 Å². The Morgan fingerprint density at radius 1 is 1.17 bits per heavy atom. The van der Waals surface area contributed by atoms with Crippen LogP contribution in [0.5, 0.6) is 17.4 Å².